The van der Waals surface area contributed by atoms with Gasteiger partial charge in [-0.25, -0.2) is 0 Å². The van der Waals surface area contributed by atoms with E-state index in [0.717, 1.165) is 25.7 Å². The monoisotopic (exact) mass is 327 g/mol. The van der Waals surface area contributed by atoms with Gasteiger partial charge in [-0.3, -0.25) is 9.59 Å². The highest BCUT2D eigenvalue weighted by atomic mass is 16.5. The molecule has 0 heterocycles. The van der Waals surface area contributed by atoms with Crippen molar-refractivity contribution in [2.75, 3.05) is 0 Å². The quantitative estimate of drug-likeness (QED) is 0.543. The lowest BCUT2D eigenvalue weighted by atomic mass is 9.47. The lowest BCUT2D eigenvalue weighted by molar-refractivity contribution is -0.155. The highest BCUT2D eigenvalue weighted by Gasteiger charge is 2.57. The Morgan fingerprint density at radius 2 is 2.08 bits per heavy atom. The molecule has 0 aliphatic heterocycles. The van der Waals surface area contributed by atoms with E-state index in [1.54, 1.807) is 0 Å². The van der Waals surface area contributed by atoms with Crippen molar-refractivity contribution in [3.05, 3.63) is 23.3 Å². The first-order valence-electron chi connectivity index (χ1n) is 8.79. The number of Topliss-reactive ketones (excluding diaryl/α,β-unsaturated/α-hetero) is 1. The molecule has 1 saturated carbocycles. The number of carbonyl (C=O) groups is 2. The first kappa shape index (κ1) is 17.0. The molecule has 0 saturated heterocycles. The van der Waals surface area contributed by atoms with E-state index in [0.29, 0.717) is 0 Å². The summed E-state index contributed by atoms with van der Waals surface area (Å²) in [5.41, 5.74) is 0.994. The summed E-state index contributed by atoms with van der Waals surface area (Å²) in [5.74, 6) is -0.210. The number of ether oxygens (including phenoxy) is 1. The lowest BCUT2D eigenvalue weighted by Gasteiger charge is -2.57. The molecular formula is C20H25NO3. The minimum Gasteiger partial charge on any atom is -0.462 e. The summed E-state index contributed by atoms with van der Waals surface area (Å²) >= 11 is 0. The van der Waals surface area contributed by atoms with Crippen LogP contribution in [-0.2, 0) is 14.3 Å². The second-order valence-electron chi connectivity index (χ2n) is 7.96. The van der Waals surface area contributed by atoms with Crippen molar-refractivity contribution < 1.29 is 14.3 Å². The number of nitrogens with zero attached hydrogens (tertiary/aromatic N) is 1. The molecule has 4 nitrogen and oxygen atoms in total. The van der Waals surface area contributed by atoms with E-state index in [4.69, 9.17) is 4.74 Å². The largest absolute Gasteiger partial charge is 0.462 e. The van der Waals surface area contributed by atoms with Crippen LogP contribution in [0.3, 0.4) is 0 Å². The molecule has 0 aromatic rings. The molecule has 3 rings (SSSR count). The maximum absolute atomic E-state index is 12.4. The van der Waals surface area contributed by atoms with E-state index < -0.39 is 0 Å². The van der Waals surface area contributed by atoms with E-state index in [-0.39, 0.29) is 46.1 Å². The zero-order valence-corrected chi connectivity index (χ0v) is 14.9. The zero-order chi connectivity index (χ0) is 17.7. The Balaban J connectivity index is 2.10. The minimum atomic E-state index is -0.315. The van der Waals surface area contributed by atoms with Crippen molar-refractivity contribution >= 4 is 11.8 Å². The molecule has 3 aliphatic rings. The van der Waals surface area contributed by atoms with Crippen molar-refractivity contribution in [2.24, 2.45) is 22.7 Å². The van der Waals surface area contributed by atoms with Crippen LogP contribution in [-0.4, -0.2) is 17.9 Å². The van der Waals surface area contributed by atoms with Crippen LogP contribution in [0.1, 0.15) is 53.4 Å². The Morgan fingerprint density at radius 1 is 1.38 bits per heavy atom. The van der Waals surface area contributed by atoms with Crippen molar-refractivity contribution in [1.82, 2.24) is 0 Å². The fraction of sp³-hybridized carbons (Fsp3) is 0.650. The molecule has 0 spiro atoms. The number of hydrogen-bond donors (Lipinski definition) is 0. The predicted molar refractivity (Wildman–Crippen MR) is 89.7 cm³/mol. The lowest BCUT2D eigenvalue weighted by Crippen LogP contribution is -2.53. The molecule has 128 valence electrons. The van der Waals surface area contributed by atoms with Gasteiger partial charge in [0.05, 0.1) is 5.57 Å². The number of esters is 1. The first-order valence-corrected chi connectivity index (χ1v) is 8.79. The van der Waals surface area contributed by atoms with E-state index >= 15 is 0 Å². The number of rotatable bonds is 1. The van der Waals surface area contributed by atoms with Crippen LogP contribution in [0.2, 0.25) is 0 Å². The van der Waals surface area contributed by atoms with Gasteiger partial charge >= 0.3 is 5.97 Å². The highest BCUT2D eigenvalue weighted by Crippen LogP contribution is 2.62. The summed E-state index contributed by atoms with van der Waals surface area (Å²) in [4.78, 5) is 24.0. The molecule has 24 heavy (non-hydrogen) atoms. The standard InChI is InChI=1S/C20H25NO3/c1-12-15-8-9-19(3)16(6-5-7-17(19)24-13(2)22)20(15,4)10-14(11-21)18(12)23/h6,10,12,15,17H,5,7-9H2,1-4H3/t12-,15?,17-,19?,20+/m1/s1. The highest BCUT2D eigenvalue weighted by molar-refractivity contribution is 6.02. The van der Waals surface area contributed by atoms with Gasteiger partial charge in [0.15, 0.2) is 5.78 Å². The Kier molecular flexibility index (Phi) is 3.94. The summed E-state index contributed by atoms with van der Waals surface area (Å²) in [6.45, 7) is 7.74. The summed E-state index contributed by atoms with van der Waals surface area (Å²) < 4.78 is 5.66. The zero-order valence-electron chi connectivity index (χ0n) is 14.9. The van der Waals surface area contributed by atoms with Crippen molar-refractivity contribution in [3.8, 4) is 6.07 Å². The third-order valence-corrected chi connectivity index (χ3v) is 6.58. The van der Waals surface area contributed by atoms with Crippen LogP contribution < -0.4 is 0 Å². The summed E-state index contributed by atoms with van der Waals surface area (Å²) in [5, 5.41) is 9.39. The van der Waals surface area contributed by atoms with Crippen molar-refractivity contribution in [2.45, 2.75) is 59.5 Å². The van der Waals surface area contributed by atoms with E-state index in [2.05, 4.69) is 26.0 Å². The molecule has 0 aromatic heterocycles. The molecule has 4 heteroatoms. The molecular weight excluding hydrogens is 302 g/mol. The van der Waals surface area contributed by atoms with Gasteiger partial charge in [0.2, 0.25) is 0 Å². The molecule has 0 bridgehead atoms. The van der Waals surface area contributed by atoms with Crippen LogP contribution in [0.5, 0.6) is 0 Å². The van der Waals surface area contributed by atoms with Gasteiger partial charge in [-0.05, 0) is 31.6 Å². The van der Waals surface area contributed by atoms with Crippen LogP contribution in [0.4, 0.5) is 0 Å². The molecule has 0 radical (unpaired) electrons. The maximum atomic E-state index is 12.4. The molecule has 0 amide bonds. The number of ketones is 1. The third-order valence-electron chi connectivity index (χ3n) is 6.58. The number of carbonyl (C=O) groups excluding carboxylic acids is 2. The Morgan fingerprint density at radius 3 is 2.71 bits per heavy atom. The first-order chi connectivity index (χ1) is 11.2. The number of nitriles is 1. The van der Waals surface area contributed by atoms with Crippen LogP contribution in [0.15, 0.2) is 23.3 Å². The molecule has 3 aliphatic carbocycles. The number of allylic oxidation sites excluding steroid dienone is 3. The number of hydrogen-bond acceptors (Lipinski definition) is 4. The van der Waals surface area contributed by atoms with E-state index in [9.17, 15) is 14.9 Å². The van der Waals surface area contributed by atoms with Gasteiger partial charge in [0, 0.05) is 23.7 Å². The van der Waals surface area contributed by atoms with Gasteiger partial charge in [-0.1, -0.05) is 38.5 Å². The third kappa shape index (κ3) is 2.25. The second-order valence-corrected chi connectivity index (χ2v) is 7.96. The fourth-order valence-corrected chi connectivity index (χ4v) is 5.42. The summed E-state index contributed by atoms with van der Waals surface area (Å²) in [6, 6.07) is 2.09. The van der Waals surface area contributed by atoms with Gasteiger partial charge in [-0.2, -0.15) is 5.26 Å². The number of fused-ring (bicyclic) bond motifs is 3. The van der Waals surface area contributed by atoms with Crippen LogP contribution in [0, 0.1) is 34.0 Å². The molecule has 2 unspecified atom stereocenters. The van der Waals surface area contributed by atoms with Gasteiger partial charge in [0.25, 0.3) is 0 Å². The molecule has 5 atom stereocenters. The fourth-order valence-electron chi connectivity index (χ4n) is 5.42. The van der Waals surface area contributed by atoms with Gasteiger partial charge in [0.1, 0.15) is 12.2 Å². The SMILES string of the molecule is CC(=O)O[C@@H]1CCC=C2C1(C)CCC1[C@@H](C)C(=O)C(C#N)=C[C@]21C. The van der Waals surface area contributed by atoms with Crippen molar-refractivity contribution in [1.29, 1.82) is 5.26 Å². The summed E-state index contributed by atoms with van der Waals surface area (Å²) in [6.07, 6.45) is 7.54. The smallest absolute Gasteiger partial charge is 0.302 e. The van der Waals surface area contributed by atoms with Gasteiger partial charge < -0.3 is 4.74 Å². The topological polar surface area (TPSA) is 67.2 Å². The van der Waals surface area contributed by atoms with Crippen LogP contribution in [0.25, 0.3) is 0 Å². The van der Waals surface area contributed by atoms with Crippen LogP contribution >= 0.6 is 0 Å². The van der Waals surface area contributed by atoms with Gasteiger partial charge in [-0.15, -0.1) is 0 Å². The normalized spacial score (nSPS) is 41.3. The predicted octanol–water partition coefficient (Wildman–Crippen LogP) is 3.73. The maximum Gasteiger partial charge on any atom is 0.302 e. The minimum absolute atomic E-state index is 0.0310. The average Bonchev–Trinajstić information content (AvgIpc) is 2.52. The molecule has 0 N–H and O–H groups in total. The summed E-state index contributed by atoms with van der Waals surface area (Å²) in [7, 11) is 0. The Labute approximate surface area is 143 Å². The van der Waals surface area contributed by atoms with E-state index in [1.165, 1.54) is 12.5 Å². The second kappa shape index (κ2) is 5.58. The van der Waals surface area contributed by atoms with E-state index in [1.807, 2.05) is 13.0 Å². The Bertz CT molecular complexity index is 698. The molecule has 0 aromatic carbocycles. The Hall–Kier alpha value is -1.89. The molecule has 1 fully saturated rings. The van der Waals surface area contributed by atoms with Crippen molar-refractivity contribution in [3.63, 3.8) is 0 Å². The average molecular weight is 327 g/mol.